The molecule has 0 aliphatic rings. The Morgan fingerprint density at radius 2 is 2.21 bits per heavy atom. The highest BCUT2D eigenvalue weighted by molar-refractivity contribution is 5.96. The summed E-state index contributed by atoms with van der Waals surface area (Å²) in [6.07, 6.45) is 9.91. The number of nitrogens with one attached hydrogen (secondary N) is 2. The summed E-state index contributed by atoms with van der Waals surface area (Å²) in [6, 6.07) is 9.65. The van der Waals surface area contributed by atoms with Crippen molar-refractivity contribution in [2.75, 3.05) is 5.32 Å². The molecule has 0 aliphatic carbocycles. The molecule has 0 saturated heterocycles. The van der Waals surface area contributed by atoms with Crippen molar-refractivity contribution in [3.05, 3.63) is 54.0 Å². The van der Waals surface area contributed by atoms with Crippen molar-refractivity contribution in [2.24, 2.45) is 0 Å². The van der Waals surface area contributed by atoms with Gasteiger partial charge in [-0.1, -0.05) is 25.5 Å². The van der Waals surface area contributed by atoms with E-state index in [4.69, 9.17) is 0 Å². The Kier molecular flexibility index (Phi) is 5.01. The number of hydrogen-bond acceptors (Lipinski definition) is 3. The number of fused-ring (bicyclic) bond motifs is 1. The SMILES string of the molecule is CCCCC(=O)Nc1ccc2[nH]nc(/C=C/c3cccnc3)c2c1. The Hall–Kier alpha value is -2.95. The second kappa shape index (κ2) is 7.55. The standard InChI is InChI=1S/C19H20N4O/c1-2-3-6-19(24)21-15-8-10-18-16(12-15)17(22-23-18)9-7-14-5-4-11-20-13-14/h4-5,7-13H,2-3,6H2,1H3,(H,21,24)(H,22,23)/b9-7+. The lowest BCUT2D eigenvalue weighted by molar-refractivity contribution is -0.116. The van der Waals surface area contributed by atoms with E-state index in [1.54, 1.807) is 12.4 Å². The van der Waals surface area contributed by atoms with E-state index in [2.05, 4.69) is 27.4 Å². The van der Waals surface area contributed by atoms with Crippen molar-refractivity contribution in [3.8, 4) is 0 Å². The van der Waals surface area contributed by atoms with E-state index < -0.39 is 0 Å². The van der Waals surface area contributed by atoms with Crippen molar-refractivity contribution in [3.63, 3.8) is 0 Å². The number of carbonyl (C=O) groups is 1. The Balaban J connectivity index is 1.81. The van der Waals surface area contributed by atoms with Crippen LogP contribution in [0, 0.1) is 0 Å². The van der Waals surface area contributed by atoms with Crippen LogP contribution >= 0.6 is 0 Å². The van der Waals surface area contributed by atoms with Crippen LogP contribution in [0.25, 0.3) is 23.1 Å². The van der Waals surface area contributed by atoms with Crippen LogP contribution in [0.4, 0.5) is 5.69 Å². The topological polar surface area (TPSA) is 70.7 Å². The molecule has 24 heavy (non-hydrogen) atoms. The third-order valence-corrected chi connectivity index (χ3v) is 3.75. The lowest BCUT2D eigenvalue weighted by Gasteiger charge is -2.04. The van der Waals surface area contributed by atoms with E-state index in [1.807, 2.05) is 42.5 Å². The van der Waals surface area contributed by atoms with Crippen LogP contribution in [0.15, 0.2) is 42.7 Å². The monoisotopic (exact) mass is 320 g/mol. The summed E-state index contributed by atoms with van der Waals surface area (Å²) in [4.78, 5) is 16.0. The second-order valence-electron chi connectivity index (χ2n) is 5.64. The maximum atomic E-state index is 11.9. The van der Waals surface area contributed by atoms with Crippen LogP contribution in [0.3, 0.4) is 0 Å². The first-order valence-electron chi connectivity index (χ1n) is 8.12. The molecule has 0 unspecified atom stereocenters. The zero-order valence-corrected chi connectivity index (χ0v) is 13.6. The fraction of sp³-hybridized carbons (Fsp3) is 0.211. The predicted octanol–water partition coefficient (Wildman–Crippen LogP) is 4.26. The van der Waals surface area contributed by atoms with Gasteiger partial charge in [0.25, 0.3) is 0 Å². The highest BCUT2D eigenvalue weighted by Gasteiger charge is 2.06. The first-order valence-corrected chi connectivity index (χ1v) is 8.12. The van der Waals surface area contributed by atoms with Crippen LogP contribution in [0.1, 0.15) is 37.4 Å². The van der Waals surface area contributed by atoms with Crippen LogP contribution < -0.4 is 5.32 Å². The lowest BCUT2D eigenvalue weighted by Crippen LogP contribution is -2.10. The molecule has 5 nitrogen and oxygen atoms in total. The molecule has 1 amide bonds. The molecule has 0 fully saturated rings. The summed E-state index contributed by atoms with van der Waals surface area (Å²) in [7, 11) is 0. The molecule has 122 valence electrons. The number of benzene rings is 1. The molecule has 3 rings (SSSR count). The number of hydrogen-bond donors (Lipinski definition) is 2. The molecule has 0 atom stereocenters. The number of H-pyrrole nitrogens is 1. The summed E-state index contributed by atoms with van der Waals surface area (Å²) in [5.41, 5.74) is 3.57. The number of amides is 1. The van der Waals surface area contributed by atoms with E-state index in [0.717, 1.165) is 40.7 Å². The third-order valence-electron chi connectivity index (χ3n) is 3.75. The largest absolute Gasteiger partial charge is 0.326 e. The highest BCUT2D eigenvalue weighted by atomic mass is 16.1. The van der Waals surface area contributed by atoms with E-state index >= 15 is 0 Å². The molecule has 2 N–H and O–H groups in total. The quantitative estimate of drug-likeness (QED) is 0.713. The Morgan fingerprint density at radius 1 is 1.29 bits per heavy atom. The fourth-order valence-electron chi connectivity index (χ4n) is 2.45. The van der Waals surface area contributed by atoms with Gasteiger partial charge in [0.1, 0.15) is 0 Å². The summed E-state index contributed by atoms with van der Waals surface area (Å²) in [6.45, 7) is 2.08. The third kappa shape index (κ3) is 3.87. The normalized spacial score (nSPS) is 11.2. The van der Waals surface area contributed by atoms with Gasteiger partial charge in [0.15, 0.2) is 0 Å². The van der Waals surface area contributed by atoms with Crippen LogP contribution in [0.5, 0.6) is 0 Å². The van der Waals surface area contributed by atoms with E-state index in [9.17, 15) is 4.79 Å². The number of rotatable bonds is 6. The maximum Gasteiger partial charge on any atom is 0.224 e. The predicted molar refractivity (Wildman–Crippen MR) is 97.4 cm³/mol. The first-order chi connectivity index (χ1) is 11.8. The molecule has 2 heterocycles. The molecule has 0 saturated carbocycles. The van der Waals surface area contributed by atoms with Crippen LogP contribution in [0.2, 0.25) is 0 Å². The number of pyridine rings is 1. The molecular formula is C19H20N4O. The van der Waals surface area contributed by atoms with Crippen molar-refractivity contribution >= 4 is 34.6 Å². The van der Waals surface area contributed by atoms with Crippen molar-refractivity contribution < 1.29 is 4.79 Å². The lowest BCUT2D eigenvalue weighted by atomic mass is 10.1. The van der Waals surface area contributed by atoms with Crippen LogP contribution in [-0.2, 0) is 4.79 Å². The second-order valence-corrected chi connectivity index (χ2v) is 5.64. The van der Waals surface area contributed by atoms with E-state index in [0.29, 0.717) is 6.42 Å². The average molecular weight is 320 g/mol. The van der Waals surface area contributed by atoms with Gasteiger partial charge in [-0.15, -0.1) is 0 Å². The first kappa shape index (κ1) is 15.9. The number of aromatic amines is 1. The van der Waals surface area contributed by atoms with Gasteiger partial charge in [-0.2, -0.15) is 5.10 Å². The van der Waals surface area contributed by atoms with Gasteiger partial charge < -0.3 is 5.32 Å². The minimum atomic E-state index is 0.0483. The number of anilines is 1. The molecule has 0 radical (unpaired) electrons. The molecule has 5 heteroatoms. The minimum absolute atomic E-state index is 0.0483. The number of carbonyl (C=O) groups excluding carboxylic acids is 1. The van der Waals surface area contributed by atoms with Gasteiger partial charge in [0.05, 0.1) is 11.2 Å². The molecule has 1 aromatic carbocycles. The summed E-state index contributed by atoms with van der Waals surface area (Å²) in [5, 5.41) is 11.3. The summed E-state index contributed by atoms with van der Waals surface area (Å²) >= 11 is 0. The van der Waals surface area contributed by atoms with Gasteiger partial charge in [-0.25, -0.2) is 0 Å². The smallest absolute Gasteiger partial charge is 0.224 e. The van der Waals surface area contributed by atoms with Crippen LogP contribution in [-0.4, -0.2) is 21.1 Å². The van der Waals surface area contributed by atoms with E-state index in [1.165, 1.54) is 0 Å². The zero-order chi connectivity index (χ0) is 16.8. The number of nitrogens with zero attached hydrogens (tertiary/aromatic N) is 2. The molecule has 3 aromatic rings. The van der Waals surface area contributed by atoms with Gasteiger partial charge in [0.2, 0.25) is 5.91 Å². The average Bonchev–Trinajstić information content (AvgIpc) is 3.01. The Bertz CT molecular complexity index is 852. The highest BCUT2D eigenvalue weighted by Crippen LogP contribution is 2.22. The fourth-order valence-corrected chi connectivity index (χ4v) is 2.45. The number of aromatic nitrogens is 3. The summed E-state index contributed by atoms with van der Waals surface area (Å²) < 4.78 is 0. The molecule has 0 bridgehead atoms. The molecule has 2 aromatic heterocycles. The van der Waals surface area contributed by atoms with Crippen molar-refractivity contribution in [1.82, 2.24) is 15.2 Å². The Labute approximate surface area is 140 Å². The van der Waals surface area contributed by atoms with Gasteiger partial charge >= 0.3 is 0 Å². The minimum Gasteiger partial charge on any atom is -0.326 e. The van der Waals surface area contributed by atoms with Gasteiger partial charge in [-0.3, -0.25) is 14.9 Å². The molecular weight excluding hydrogens is 300 g/mol. The van der Waals surface area contributed by atoms with Crippen molar-refractivity contribution in [2.45, 2.75) is 26.2 Å². The maximum absolute atomic E-state index is 11.9. The molecule has 0 aliphatic heterocycles. The number of unbranched alkanes of at least 4 members (excludes halogenated alkanes) is 1. The van der Waals surface area contributed by atoms with Gasteiger partial charge in [0, 0.05) is 29.9 Å². The van der Waals surface area contributed by atoms with Gasteiger partial charge in [-0.05, 0) is 42.3 Å². The zero-order valence-electron chi connectivity index (χ0n) is 13.6. The summed E-state index contributed by atoms with van der Waals surface area (Å²) in [5.74, 6) is 0.0483. The van der Waals surface area contributed by atoms with Crippen molar-refractivity contribution in [1.29, 1.82) is 0 Å². The van der Waals surface area contributed by atoms with E-state index in [-0.39, 0.29) is 5.91 Å². The Morgan fingerprint density at radius 3 is 3.00 bits per heavy atom. The molecule has 0 spiro atoms.